The summed E-state index contributed by atoms with van der Waals surface area (Å²) in [5.74, 6) is 1.70. The molecule has 0 spiro atoms. The molecule has 2 aromatic heterocycles. The second-order valence-corrected chi connectivity index (χ2v) is 9.08. The standard InChI is InChI=1S/C27H29N5O/c1-18-11-13-20(14-12-18)16-32-24-25(28-22-9-4-3-5-10-22)29-23(17-33)30-26(24)31-27(32)21-8-6-7-19(2)15-21/h6-8,11-15,17,22H,3-5,9-10,16H2,1-2H3,(H,28,29,30). The van der Waals surface area contributed by atoms with E-state index in [1.54, 1.807) is 0 Å². The monoisotopic (exact) mass is 439 g/mol. The first-order valence-electron chi connectivity index (χ1n) is 11.7. The lowest BCUT2D eigenvalue weighted by Gasteiger charge is -2.24. The maximum absolute atomic E-state index is 11.6. The molecule has 4 aromatic rings. The summed E-state index contributed by atoms with van der Waals surface area (Å²) in [5.41, 5.74) is 6.00. The molecule has 1 fully saturated rings. The first-order chi connectivity index (χ1) is 16.1. The third kappa shape index (κ3) is 4.51. The largest absolute Gasteiger partial charge is 0.365 e. The van der Waals surface area contributed by atoms with Gasteiger partial charge < -0.3 is 9.88 Å². The lowest BCUT2D eigenvalue weighted by Crippen LogP contribution is -2.23. The molecular formula is C27H29N5O. The van der Waals surface area contributed by atoms with E-state index in [0.29, 0.717) is 30.3 Å². The number of rotatable bonds is 6. The Bertz CT molecular complexity index is 1290. The van der Waals surface area contributed by atoms with E-state index in [2.05, 4.69) is 76.2 Å². The number of nitrogens with one attached hydrogen (secondary N) is 1. The highest BCUT2D eigenvalue weighted by molar-refractivity contribution is 5.89. The zero-order chi connectivity index (χ0) is 22.8. The smallest absolute Gasteiger partial charge is 0.196 e. The average Bonchev–Trinajstić information content (AvgIpc) is 3.19. The van der Waals surface area contributed by atoms with Crippen LogP contribution in [0, 0.1) is 13.8 Å². The number of carbonyl (C=O) groups excluding carboxylic acids is 1. The van der Waals surface area contributed by atoms with Crippen LogP contribution < -0.4 is 5.32 Å². The molecule has 1 saturated carbocycles. The quantitative estimate of drug-likeness (QED) is 0.389. The third-order valence-electron chi connectivity index (χ3n) is 6.41. The molecule has 0 bridgehead atoms. The van der Waals surface area contributed by atoms with Crippen LogP contribution in [0.1, 0.15) is 59.4 Å². The number of nitrogens with zero attached hydrogens (tertiary/aromatic N) is 4. The van der Waals surface area contributed by atoms with E-state index in [0.717, 1.165) is 29.7 Å². The van der Waals surface area contributed by atoms with Gasteiger partial charge in [-0.1, -0.05) is 72.9 Å². The second kappa shape index (κ2) is 9.14. The van der Waals surface area contributed by atoms with E-state index in [-0.39, 0.29) is 5.82 Å². The number of hydrogen-bond donors (Lipinski definition) is 1. The zero-order valence-corrected chi connectivity index (χ0v) is 19.2. The number of carbonyl (C=O) groups is 1. The van der Waals surface area contributed by atoms with Gasteiger partial charge in [-0.05, 0) is 38.3 Å². The van der Waals surface area contributed by atoms with Crippen molar-refractivity contribution in [1.82, 2.24) is 19.5 Å². The van der Waals surface area contributed by atoms with Crippen LogP contribution in [0.15, 0.2) is 48.5 Å². The number of hydrogen-bond acceptors (Lipinski definition) is 5. The first kappa shape index (κ1) is 21.3. The molecule has 0 aliphatic heterocycles. The lowest BCUT2D eigenvalue weighted by atomic mass is 9.95. The van der Waals surface area contributed by atoms with Crippen LogP contribution in [0.2, 0.25) is 0 Å². The Morgan fingerprint density at radius 3 is 2.48 bits per heavy atom. The van der Waals surface area contributed by atoms with Crippen molar-refractivity contribution < 1.29 is 4.79 Å². The maximum atomic E-state index is 11.6. The highest BCUT2D eigenvalue weighted by atomic mass is 16.1. The van der Waals surface area contributed by atoms with Crippen molar-refractivity contribution in [2.24, 2.45) is 0 Å². The summed E-state index contributed by atoms with van der Waals surface area (Å²) in [6.45, 7) is 4.82. The molecule has 2 aromatic carbocycles. The number of anilines is 1. The Labute approximate surface area is 194 Å². The molecule has 2 heterocycles. The van der Waals surface area contributed by atoms with Gasteiger partial charge in [0.2, 0.25) is 0 Å². The van der Waals surface area contributed by atoms with Crippen molar-refractivity contribution in [2.75, 3.05) is 5.32 Å². The van der Waals surface area contributed by atoms with Crippen LogP contribution in [-0.2, 0) is 6.54 Å². The highest BCUT2D eigenvalue weighted by Gasteiger charge is 2.22. The Morgan fingerprint density at radius 1 is 0.970 bits per heavy atom. The second-order valence-electron chi connectivity index (χ2n) is 9.08. The Balaban J connectivity index is 1.70. The number of benzene rings is 2. The molecule has 168 valence electrons. The van der Waals surface area contributed by atoms with Crippen LogP contribution in [-0.4, -0.2) is 31.8 Å². The molecule has 0 saturated heterocycles. The summed E-state index contributed by atoms with van der Waals surface area (Å²) >= 11 is 0. The Hall–Kier alpha value is -3.54. The molecule has 1 aliphatic rings. The van der Waals surface area contributed by atoms with Crippen molar-refractivity contribution in [3.05, 3.63) is 71.0 Å². The highest BCUT2D eigenvalue weighted by Crippen LogP contribution is 2.31. The maximum Gasteiger partial charge on any atom is 0.196 e. The molecule has 1 aliphatic carbocycles. The van der Waals surface area contributed by atoms with Crippen molar-refractivity contribution >= 4 is 23.3 Å². The van der Waals surface area contributed by atoms with Crippen LogP contribution in [0.25, 0.3) is 22.6 Å². The summed E-state index contributed by atoms with van der Waals surface area (Å²) in [5, 5.41) is 3.64. The van der Waals surface area contributed by atoms with Gasteiger partial charge in [-0.2, -0.15) is 0 Å². The van der Waals surface area contributed by atoms with Gasteiger partial charge in [-0.25, -0.2) is 15.0 Å². The summed E-state index contributed by atoms with van der Waals surface area (Å²) in [6, 6.07) is 17.2. The van der Waals surface area contributed by atoms with Gasteiger partial charge in [0.15, 0.2) is 23.6 Å². The molecule has 6 heteroatoms. The van der Waals surface area contributed by atoms with Crippen LogP contribution in [0.5, 0.6) is 0 Å². The van der Waals surface area contributed by atoms with E-state index in [4.69, 9.17) is 4.98 Å². The average molecular weight is 440 g/mol. The van der Waals surface area contributed by atoms with E-state index in [9.17, 15) is 4.79 Å². The zero-order valence-electron chi connectivity index (χ0n) is 19.2. The fourth-order valence-electron chi connectivity index (χ4n) is 4.68. The molecule has 6 nitrogen and oxygen atoms in total. The van der Waals surface area contributed by atoms with Gasteiger partial charge in [0.05, 0.1) is 0 Å². The minimum atomic E-state index is 0.164. The van der Waals surface area contributed by atoms with Gasteiger partial charge in [0, 0.05) is 18.2 Å². The van der Waals surface area contributed by atoms with Gasteiger partial charge in [0.1, 0.15) is 11.3 Å². The van der Waals surface area contributed by atoms with Crippen molar-refractivity contribution in [3.63, 3.8) is 0 Å². The first-order valence-corrected chi connectivity index (χ1v) is 11.7. The predicted molar refractivity (Wildman–Crippen MR) is 132 cm³/mol. The molecule has 0 unspecified atom stereocenters. The van der Waals surface area contributed by atoms with Crippen LogP contribution in [0.4, 0.5) is 5.82 Å². The number of aryl methyl sites for hydroxylation is 2. The minimum Gasteiger partial charge on any atom is -0.365 e. The summed E-state index contributed by atoms with van der Waals surface area (Å²) in [7, 11) is 0. The molecule has 5 rings (SSSR count). The number of imidazole rings is 1. The summed E-state index contributed by atoms with van der Waals surface area (Å²) < 4.78 is 2.19. The van der Waals surface area contributed by atoms with E-state index >= 15 is 0 Å². The fourth-order valence-corrected chi connectivity index (χ4v) is 4.68. The summed E-state index contributed by atoms with van der Waals surface area (Å²) in [6.07, 6.45) is 6.63. The van der Waals surface area contributed by atoms with Gasteiger partial charge >= 0.3 is 0 Å². The van der Waals surface area contributed by atoms with E-state index in [1.807, 2.05) is 6.07 Å². The molecular weight excluding hydrogens is 410 g/mol. The van der Waals surface area contributed by atoms with Crippen molar-refractivity contribution in [2.45, 2.75) is 58.5 Å². The molecule has 1 N–H and O–H groups in total. The fraction of sp³-hybridized carbons (Fsp3) is 0.333. The predicted octanol–water partition coefficient (Wildman–Crippen LogP) is 5.72. The number of fused-ring (bicyclic) bond motifs is 1. The van der Waals surface area contributed by atoms with Gasteiger partial charge in [-0.15, -0.1) is 0 Å². The SMILES string of the molecule is Cc1ccc(Cn2c(-c3cccc(C)c3)nc3nc(C=O)nc(NC4CCCCC4)c32)cc1. The lowest BCUT2D eigenvalue weighted by molar-refractivity contribution is 0.111. The molecule has 0 amide bonds. The van der Waals surface area contributed by atoms with Crippen molar-refractivity contribution in [3.8, 4) is 11.4 Å². The molecule has 33 heavy (non-hydrogen) atoms. The normalized spacial score (nSPS) is 14.5. The van der Waals surface area contributed by atoms with Crippen molar-refractivity contribution in [1.29, 1.82) is 0 Å². The molecule has 0 atom stereocenters. The van der Waals surface area contributed by atoms with Gasteiger partial charge in [-0.3, -0.25) is 4.79 Å². The van der Waals surface area contributed by atoms with E-state index < -0.39 is 0 Å². The van der Waals surface area contributed by atoms with Gasteiger partial charge in [0.25, 0.3) is 0 Å². The third-order valence-corrected chi connectivity index (χ3v) is 6.41. The Kier molecular flexibility index (Phi) is 5.90. The topological polar surface area (TPSA) is 72.7 Å². The Morgan fingerprint density at radius 2 is 1.76 bits per heavy atom. The van der Waals surface area contributed by atoms with Crippen LogP contribution >= 0.6 is 0 Å². The van der Waals surface area contributed by atoms with E-state index in [1.165, 1.54) is 36.0 Å². The minimum absolute atomic E-state index is 0.164. The summed E-state index contributed by atoms with van der Waals surface area (Å²) in [4.78, 5) is 25.6. The molecule has 0 radical (unpaired) electrons. The number of aldehydes is 1. The van der Waals surface area contributed by atoms with Crippen LogP contribution in [0.3, 0.4) is 0 Å². The number of aromatic nitrogens is 4.